The Kier molecular flexibility index (Phi) is 8.63. The first-order valence-electron chi connectivity index (χ1n) is 8.02. The van der Waals surface area contributed by atoms with Gasteiger partial charge in [-0.15, -0.1) is 0 Å². The van der Waals surface area contributed by atoms with Crippen LogP contribution >= 0.6 is 0 Å². The molecular formula is C20H20F2NNaO2. The second-order valence-corrected chi connectivity index (χ2v) is 6.18. The van der Waals surface area contributed by atoms with Gasteiger partial charge in [0.1, 0.15) is 11.6 Å². The number of hydrogen-bond donors (Lipinski definition) is 1. The van der Waals surface area contributed by atoms with Crippen LogP contribution < -0.4 is 40.4 Å². The van der Waals surface area contributed by atoms with Gasteiger partial charge in [-0.25, -0.2) is 8.78 Å². The minimum Gasteiger partial charge on any atom is -0.548 e. The molecule has 0 saturated heterocycles. The van der Waals surface area contributed by atoms with Gasteiger partial charge in [0.05, 0.1) is 5.97 Å². The van der Waals surface area contributed by atoms with Crippen LogP contribution in [0, 0.1) is 11.6 Å². The van der Waals surface area contributed by atoms with Crippen LogP contribution in [0.25, 0.3) is 5.57 Å². The summed E-state index contributed by atoms with van der Waals surface area (Å²) in [7, 11) is 0. The van der Waals surface area contributed by atoms with Crippen LogP contribution in [0.4, 0.5) is 8.78 Å². The van der Waals surface area contributed by atoms with Crippen LogP contribution in [0.15, 0.2) is 48.5 Å². The number of nitrogens with two attached hydrogens (primary N) is 1. The molecule has 0 bridgehead atoms. The fraction of sp³-hybridized carbons (Fsp3) is 0.250. The minimum absolute atomic E-state index is 0. The average molecular weight is 367 g/mol. The third-order valence-corrected chi connectivity index (χ3v) is 3.99. The van der Waals surface area contributed by atoms with Gasteiger partial charge in [-0.1, -0.05) is 44.2 Å². The zero-order valence-electron chi connectivity index (χ0n) is 15.1. The van der Waals surface area contributed by atoms with Gasteiger partial charge < -0.3 is 15.6 Å². The molecule has 132 valence electrons. The number of carbonyl (C=O) groups excluding carboxylic acids is 1. The summed E-state index contributed by atoms with van der Waals surface area (Å²) in [5, 5.41) is 10.8. The van der Waals surface area contributed by atoms with Gasteiger partial charge in [0, 0.05) is 17.7 Å². The Morgan fingerprint density at radius 2 is 1.77 bits per heavy atom. The fourth-order valence-electron chi connectivity index (χ4n) is 2.48. The Labute approximate surface area is 174 Å². The van der Waals surface area contributed by atoms with Crippen LogP contribution in [0.3, 0.4) is 0 Å². The van der Waals surface area contributed by atoms with Gasteiger partial charge in [0.2, 0.25) is 0 Å². The molecule has 3 nitrogen and oxygen atoms in total. The Morgan fingerprint density at radius 1 is 1.15 bits per heavy atom. The molecule has 0 fully saturated rings. The molecule has 2 N–H and O–H groups in total. The van der Waals surface area contributed by atoms with Crippen molar-refractivity contribution in [1.82, 2.24) is 0 Å². The predicted molar refractivity (Wildman–Crippen MR) is 91.6 cm³/mol. The number of carboxylic acids is 1. The summed E-state index contributed by atoms with van der Waals surface area (Å²) in [5.74, 6) is -2.44. The first kappa shape index (κ1) is 22.5. The van der Waals surface area contributed by atoms with E-state index in [0.717, 1.165) is 17.7 Å². The van der Waals surface area contributed by atoms with E-state index >= 15 is 0 Å². The number of carbonyl (C=O) groups is 1. The molecule has 0 unspecified atom stereocenters. The van der Waals surface area contributed by atoms with E-state index < -0.39 is 23.6 Å². The molecule has 0 heterocycles. The zero-order valence-corrected chi connectivity index (χ0v) is 17.1. The topological polar surface area (TPSA) is 66.2 Å². The maximum absolute atomic E-state index is 14.2. The van der Waals surface area contributed by atoms with E-state index in [9.17, 15) is 18.7 Å². The molecule has 0 aliphatic carbocycles. The van der Waals surface area contributed by atoms with Gasteiger partial charge in [-0.2, -0.15) is 0 Å². The summed E-state index contributed by atoms with van der Waals surface area (Å²) in [4.78, 5) is 10.8. The van der Waals surface area contributed by atoms with E-state index in [1.165, 1.54) is 6.07 Å². The van der Waals surface area contributed by atoms with E-state index in [0.29, 0.717) is 17.1 Å². The maximum Gasteiger partial charge on any atom is 1.00 e. The largest absolute Gasteiger partial charge is 1.00 e. The maximum atomic E-state index is 14.2. The van der Waals surface area contributed by atoms with Crippen LogP contribution in [0.5, 0.6) is 0 Å². The molecule has 26 heavy (non-hydrogen) atoms. The van der Waals surface area contributed by atoms with Crippen molar-refractivity contribution in [1.29, 1.82) is 0 Å². The van der Waals surface area contributed by atoms with Crippen molar-refractivity contribution in [3.63, 3.8) is 0 Å². The Balaban J connectivity index is 0.00000338. The number of halogens is 2. The van der Waals surface area contributed by atoms with E-state index in [1.54, 1.807) is 6.08 Å². The normalized spacial score (nSPS) is 12.6. The van der Waals surface area contributed by atoms with Crippen molar-refractivity contribution in [2.24, 2.45) is 5.73 Å². The molecule has 2 aromatic rings. The van der Waals surface area contributed by atoms with Gasteiger partial charge in [0.15, 0.2) is 0 Å². The molecule has 2 rings (SSSR count). The predicted octanol–water partition coefficient (Wildman–Crippen LogP) is -0.00880. The molecule has 0 saturated carbocycles. The fourth-order valence-corrected chi connectivity index (χ4v) is 2.48. The number of carboxylic acid groups (broad SMARTS) is 1. The van der Waals surface area contributed by atoms with Gasteiger partial charge in [-0.05, 0) is 41.2 Å². The van der Waals surface area contributed by atoms with Crippen LogP contribution in [-0.2, 0) is 4.79 Å². The second-order valence-electron chi connectivity index (χ2n) is 6.18. The van der Waals surface area contributed by atoms with Gasteiger partial charge in [-0.3, -0.25) is 0 Å². The Morgan fingerprint density at radius 3 is 2.27 bits per heavy atom. The van der Waals surface area contributed by atoms with Crippen molar-refractivity contribution in [3.8, 4) is 0 Å². The number of aliphatic carboxylic acids is 1. The average Bonchev–Trinajstić information content (AvgIpc) is 2.56. The third-order valence-electron chi connectivity index (χ3n) is 3.99. The summed E-state index contributed by atoms with van der Waals surface area (Å²) in [6.07, 6.45) is 1.52. The van der Waals surface area contributed by atoms with Crippen LogP contribution in [0.2, 0.25) is 0 Å². The van der Waals surface area contributed by atoms with E-state index in [1.807, 2.05) is 24.3 Å². The molecule has 0 aliphatic heterocycles. The van der Waals surface area contributed by atoms with Crippen molar-refractivity contribution in [2.45, 2.75) is 32.2 Å². The Hall–Kier alpha value is -1.53. The number of rotatable bonds is 6. The van der Waals surface area contributed by atoms with Crippen LogP contribution in [0.1, 0.15) is 42.9 Å². The Bertz CT molecular complexity index is 789. The molecule has 6 heteroatoms. The summed E-state index contributed by atoms with van der Waals surface area (Å²) in [6, 6.07) is 9.59. The number of hydrogen-bond acceptors (Lipinski definition) is 3. The van der Waals surface area contributed by atoms with Crippen molar-refractivity contribution in [2.75, 3.05) is 0 Å². The van der Waals surface area contributed by atoms with Crippen molar-refractivity contribution >= 4 is 11.5 Å². The molecule has 0 amide bonds. The van der Waals surface area contributed by atoms with E-state index in [2.05, 4.69) is 13.8 Å². The SMILES string of the molecule is CC(C)c1ccc(/C(=C\C[C@H](N)C(=O)[O-])c2ccc(F)cc2F)cc1.[Na+]. The summed E-state index contributed by atoms with van der Waals surface area (Å²) < 4.78 is 27.4. The monoisotopic (exact) mass is 367 g/mol. The summed E-state index contributed by atoms with van der Waals surface area (Å²) in [5.41, 5.74) is 7.95. The quantitative estimate of drug-likeness (QED) is 0.731. The molecule has 0 radical (unpaired) electrons. The molecule has 0 spiro atoms. The van der Waals surface area contributed by atoms with Crippen molar-refractivity contribution in [3.05, 3.63) is 76.9 Å². The third kappa shape index (κ3) is 5.74. The van der Waals surface area contributed by atoms with E-state index in [-0.39, 0.29) is 41.5 Å². The van der Waals surface area contributed by atoms with Gasteiger partial charge >= 0.3 is 29.6 Å². The summed E-state index contributed by atoms with van der Waals surface area (Å²) in [6.45, 7) is 4.12. The van der Waals surface area contributed by atoms with Crippen LogP contribution in [-0.4, -0.2) is 12.0 Å². The number of benzene rings is 2. The zero-order chi connectivity index (χ0) is 18.6. The molecule has 0 aliphatic rings. The van der Waals surface area contributed by atoms with Crippen molar-refractivity contribution < 1.29 is 48.2 Å². The first-order valence-corrected chi connectivity index (χ1v) is 8.02. The first-order chi connectivity index (χ1) is 11.8. The smallest absolute Gasteiger partial charge is 0.548 e. The molecule has 1 atom stereocenters. The molecule has 2 aromatic carbocycles. The standard InChI is InChI=1S/C20H21F2NO2.Na/c1-12(2)13-3-5-14(6-4-13)16(9-10-19(23)20(24)25)17-8-7-15(21)11-18(17)22;/h3-9,11-12,19H,10,23H2,1-2H3,(H,24,25);/q;+1/p-1/b16-9+;/t19-;/m0./s1. The molecular weight excluding hydrogens is 347 g/mol. The van der Waals surface area contributed by atoms with E-state index in [4.69, 9.17) is 5.73 Å². The molecule has 0 aromatic heterocycles. The summed E-state index contributed by atoms with van der Waals surface area (Å²) >= 11 is 0. The second kappa shape index (κ2) is 9.97. The van der Waals surface area contributed by atoms with Gasteiger partial charge in [0.25, 0.3) is 0 Å². The minimum atomic E-state index is -1.38.